The number of hydrogen-bond acceptors (Lipinski definition) is 7. The lowest BCUT2D eigenvalue weighted by Crippen LogP contribution is -2.13. The second-order valence-electron chi connectivity index (χ2n) is 8.17. The molecule has 1 fully saturated rings. The lowest BCUT2D eigenvalue weighted by molar-refractivity contribution is -0.117. The Hall–Kier alpha value is -4.12. The monoisotopic (exact) mass is 443 g/mol. The highest BCUT2D eigenvalue weighted by atomic mass is 16.3. The molecule has 0 saturated heterocycles. The van der Waals surface area contributed by atoms with E-state index < -0.39 is 0 Å². The van der Waals surface area contributed by atoms with E-state index in [1.165, 1.54) is 0 Å². The zero-order valence-electron chi connectivity index (χ0n) is 17.7. The number of nitrogens with one attached hydrogen (secondary N) is 1. The molecule has 1 aliphatic rings. The Morgan fingerprint density at radius 2 is 1.94 bits per heavy atom. The van der Waals surface area contributed by atoms with Gasteiger partial charge in [0.2, 0.25) is 5.91 Å². The molecule has 0 unspecified atom stereocenters. The van der Waals surface area contributed by atoms with Gasteiger partial charge >= 0.3 is 0 Å². The molecular formula is C22H21N9O2. The van der Waals surface area contributed by atoms with Gasteiger partial charge in [0, 0.05) is 29.4 Å². The maximum Gasteiger partial charge on any atom is 0.228 e. The van der Waals surface area contributed by atoms with Crippen molar-refractivity contribution in [3.63, 3.8) is 0 Å². The van der Waals surface area contributed by atoms with Crippen molar-refractivity contribution in [2.75, 3.05) is 11.9 Å². The van der Waals surface area contributed by atoms with E-state index in [0.717, 1.165) is 41.1 Å². The van der Waals surface area contributed by atoms with Crippen LogP contribution in [0.15, 0.2) is 49.1 Å². The summed E-state index contributed by atoms with van der Waals surface area (Å²) < 4.78 is 5.32. The summed E-state index contributed by atoms with van der Waals surface area (Å²) in [6, 6.07) is 7.66. The van der Waals surface area contributed by atoms with Crippen LogP contribution in [0.25, 0.3) is 22.4 Å². The number of hydrogen-bond donors (Lipinski definition) is 2. The summed E-state index contributed by atoms with van der Waals surface area (Å²) in [6.07, 6.45) is 9.74. The molecule has 1 saturated carbocycles. The molecule has 0 radical (unpaired) electrons. The van der Waals surface area contributed by atoms with Crippen LogP contribution in [0.2, 0.25) is 0 Å². The van der Waals surface area contributed by atoms with Gasteiger partial charge in [-0.1, -0.05) is 0 Å². The van der Waals surface area contributed by atoms with Gasteiger partial charge in [0.05, 0.1) is 37.7 Å². The maximum absolute atomic E-state index is 12.0. The normalized spacial score (nSPS) is 13.7. The molecule has 11 heteroatoms. The highest BCUT2D eigenvalue weighted by Gasteiger charge is 2.30. The Kier molecular flexibility index (Phi) is 4.61. The second-order valence-corrected chi connectivity index (χ2v) is 8.17. The fourth-order valence-corrected chi connectivity index (χ4v) is 3.78. The predicted molar refractivity (Wildman–Crippen MR) is 118 cm³/mol. The first kappa shape index (κ1) is 19.6. The minimum absolute atomic E-state index is 0.0197. The minimum Gasteiger partial charge on any atom is -0.394 e. The van der Waals surface area contributed by atoms with Crippen LogP contribution >= 0.6 is 0 Å². The Morgan fingerprint density at radius 3 is 2.79 bits per heavy atom. The smallest absolute Gasteiger partial charge is 0.228 e. The van der Waals surface area contributed by atoms with Crippen molar-refractivity contribution in [1.29, 1.82) is 0 Å². The number of imidazole rings is 1. The molecular weight excluding hydrogens is 422 g/mol. The van der Waals surface area contributed by atoms with E-state index in [0.29, 0.717) is 24.4 Å². The summed E-state index contributed by atoms with van der Waals surface area (Å²) in [6.45, 7) is 0.493. The average Bonchev–Trinajstić information content (AvgIpc) is 3.25. The van der Waals surface area contributed by atoms with Gasteiger partial charge in [-0.25, -0.2) is 9.50 Å². The van der Waals surface area contributed by atoms with Gasteiger partial charge in [-0.15, -0.1) is 10.2 Å². The molecule has 2 N–H and O–H groups in total. The number of aliphatic hydroxyl groups excluding tert-OH is 1. The van der Waals surface area contributed by atoms with Gasteiger partial charge in [0.25, 0.3) is 0 Å². The van der Waals surface area contributed by atoms with E-state index in [2.05, 4.69) is 30.7 Å². The summed E-state index contributed by atoms with van der Waals surface area (Å²) in [7, 11) is 0. The van der Waals surface area contributed by atoms with Crippen molar-refractivity contribution >= 4 is 23.0 Å². The van der Waals surface area contributed by atoms with E-state index >= 15 is 0 Å². The van der Waals surface area contributed by atoms with Crippen LogP contribution in [0, 0.1) is 5.92 Å². The number of rotatable bonds is 7. The molecule has 5 aromatic rings. The van der Waals surface area contributed by atoms with Crippen LogP contribution in [0.4, 0.5) is 5.82 Å². The van der Waals surface area contributed by atoms with Crippen LogP contribution in [-0.4, -0.2) is 56.6 Å². The fourth-order valence-electron chi connectivity index (χ4n) is 3.78. The van der Waals surface area contributed by atoms with Gasteiger partial charge in [0.15, 0.2) is 17.1 Å². The first-order valence-corrected chi connectivity index (χ1v) is 10.8. The summed E-state index contributed by atoms with van der Waals surface area (Å²) in [5.74, 6) is 1.40. The molecule has 1 aliphatic carbocycles. The van der Waals surface area contributed by atoms with Crippen molar-refractivity contribution in [3.05, 3.63) is 60.6 Å². The van der Waals surface area contributed by atoms with E-state index in [1.807, 2.05) is 41.1 Å². The average molecular weight is 443 g/mol. The number of amides is 1. The Labute approximate surface area is 187 Å². The van der Waals surface area contributed by atoms with Crippen LogP contribution < -0.4 is 5.32 Å². The van der Waals surface area contributed by atoms with Crippen LogP contribution in [0.5, 0.6) is 0 Å². The number of carbonyl (C=O) groups excluding carboxylic acids is 1. The summed E-state index contributed by atoms with van der Waals surface area (Å²) >= 11 is 0. The molecule has 0 aromatic carbocycles. The standard InChI is InChI=1S/C22H21N9O2/c32-8-7-29-11-16(10-23-29)15-3-5-20-26-27-21(30(20)12-15)9-17-4-6-19-24-18(13-31(19)28-17)25-22(33)14-1-2-14/h3-6,10-14,32H,1-2,7-9H2,(H,25,33). The zero-order valence-corrected chi connectivity index (χ0v) is 17.7. The number of nitrogens with zero attached hydrogens (tertiary/aromatic N) is 8. The van der Waals surface area contributed by atoms with E-state index in [1.54, 1.807) is 21.6 Å². The number of anilines is 1. The lowest BCUT2D eigenvalue weighted by Gasteiger charge is -2.03. The van der Waals surface area contributed by atoms with Crippen molar-refractivity contribution in [1.82, 2.24) is 39.0 Å². The molecule has 0 spiro atoms. The zero-order chi connectivity index (χ0) is 22.4. The SMILES string of the molecule is O=C(Nc1cn2nc(Cc3nnc4ccc(-c5cnn(CCO)c5)cn34)ccc2n1)C1CC1. The molecule has 0 atom stereocenters. The van der Waals surface area contributed by atoms with E-state index in [4.69, 9.17) is 5.11 Å². The molecule has 5 heterocycles. The number of aliphatic hydroxyl groups is 1. The van der Waals surface area contributed by atoms with Crippen LogP contribution in [0.1, 0.15) is 24.4 Å². The van der Waals surface area contributed by atoms with E-state index in [-0.39, 0.29) is 18.4 Å². The third-order valence-electron chi connectivity index (χ3n) is 5.68. The Morgan fingerprint density at radius 1 is 1.06 bits per heavy atom. The number of aromatic nitrogens is 8. The summed E-state index contributed by atoms with van der Waals surface area (Å²) in [4.78, 5) is 16.4. The van der Waals surface area contributed by atoms with Crippen molar-refractivity contribution in [2.24, 2.45) is 5.92 Å². The number of pyridine rings is 1. The summed E-state index contributed by atoms with van der Waals surface area (Å²) in [5.41, 5.74) is 4.13. The maximum atomic E-state index is 12.0. The van der Waals surface area contributed by atoms with Gasteiger partial charge in [-0.05, 0) is 37.1 Å². The second kappa shape index (κ2) is 7.78. The molecule has 33 heavy (non-hydrogen) atoms. The molecule has 0 aliphatic heterocycles. The first-order valence-electron chi connectivity index (χ1n) is 10.8. The van der Waals surface area contributed by atoms with Crippen molar-refractivity contribution in [3.8, 4) is 11.1 Å². The highest BCUT2D eigenvalue weighted by molar-refractivity contribution is 5.93. The van der Waals surface area contributed by atoms with Gasteiger partial charge < -0.3 is 10.4 Å². The minimum atomic E-state index is 0.0197. The third-order valence-corrected chi connectivity index (χ3v) is 5.68. The molecule has 1 amide bonds. The summed E-state index contributed by atoms with van der Waals surface area (Å²) in [5, 5.41) is 29.5. The largest absolute Gasteiger partial charge is 0.394 e. The Balaban J connectivity index is 1.26. The van der Waals surface area contributed by atoms with Gasteiger partial charge in [-0.2, -0.15) is 10.2 Å². The molecule has 6 rings (SSSR count). The molecule has 166 valence electrons. The van der Waals surface area contributed by atoms with Crippen LogP contribution in [0.3, 0.4) is 0 Å². The Bertz CT molecular complexity index is 1480. The third kappa shape index (κ3) is 3.82. The van der Waals surface area contributed by atoms with Gasteiger partial charge in [-0.3, -0.25) is 13.9 Å². The number of fused-ring (bicyclic) bond motifs is 2. The van der Waals surface area contributed by atoms with Gasteiger partial charge in [0.1, 0.15) is 5.82 Å². The fraction of sp³-hybridized carbons (Fsp3) is 0.273. The van der Waals surface area contributed by atoms with E-state index in [9.17, 15) is 4.79 Å². The molecule has 11 nitrogen and oxygen atoms in total. The highest BCUT2D eigenvalue weighted by Crippen LogP contribution is 2.30. The topological polar surface area (TPSA) is 128 Å². The van der Waals surface area contributed by atoms with Crippen LogP contribution in [-0.2, 0) is 17.8 Å². The molecule has 5 aromatic heterocycles. The first-order chi connectivity index (χ1) is 16.2. The predicted octanol–water partition coefficient (Wildman–Crippen LogP) is 1.57. The quantitative estimate of drug-likeness (QED) is 0.391. The van der Waals surface area contributed by atoms with Crippen molar-refractivity contribution in [2.45, 2.75) is 25.8 Å². The molecule has 0 bridgehead atoms. The number of carbonyl (C=O) groups is 1. The lowest BCUT2D eigenvalue weighted by atomic mass is 10.1. The van der Waals surface area contributed by atoms with Crippen molar-refractivity contribution < 1.29 is 9.90 Å².